The molecule has 7 heteroatoms. The lowest BCUT2D eigenvalue weighted by molar-refractivity contribution is -0.123. The molecule has 1 saturated heterocycles. The van der Waals surface area contributed by atoms with Crippen molar-refractivity contribution >= 4 is 11.9 Å². The van der Waals surface area contributed by atoms with E-state index in [2.05, 4.69) is 27.4 Å². The van der Waals surface area contributed by atoms with Gasteiger partial charge in [0.15, 0.2) is 5.96 Å². The summed E-state index contributed by atoms with van der Waals surface area (Å²) in [6.07, 6.45) is 3.85. The van der Waals surface area contributed by atoms with Gasteiger partial charge in [-0.15, -0.1) is 0 Å². The van der Waals surface area contributed by atoms with E-state index >= 15 is 0 Å². The van der Waals surface area contributed by atoms with Crippen LogP contribution >= 0.6 is 0 Å². The zero-order chi connectivity index (χ0) is 20.0. The number of primary amides is 1. The van der Waals surface area contributed by atoms with Crippen molar-refractivity contribution in [3.8, 4) is 5.75 Å². The molecule has 1 aliphatic heterocycles. The van der Waals surface area contributed by atoms with Gasteiger partial charge < -0.3 is 26.0 Å². The van der Waals surface area contributed by atoms with E-state index in [1.807, 2.05) is 30.3 Å². The van der Waals surface area contributed by atoms with Crippen LogP contribution in [0.1, 0.15) is 32.6 Å². The standard InChI is InChI=1S/C21H35N5O2/c1-2-23-21(25-13-8-16-28-19-10-4-3-5-11-19)24-12-7-15-26-14-6-9-18(17-26)20(22)27/h3-5,10-11,18H,2,6-9,12-17H2,1H3,(H2,22,27)(H2,23,24,25). The number of likely N-dealkylation sites (tertiary alicyclic amines) is 1. The van der Waals surface area contributed by atoms with Gasteiger partial charge in [0.25, 0.3) is 0 Å². The Morgan fingerprint density at radius 1 is 1.29 bits per heavy atom. The second kappa shape index (κ2) is 13.0. The van der Waals surface area contributed by atoms with Crippen molar-refractivity contribution in [2.45, 2.75) is 32.6 Å². The number of nitrogens with one attached hydrogen (secondary N) is 2. The second-order valence-electron chi connectivity index (χ2n) is 7.10. The molecule has 28 heavy (non-hydrogen) atoms. The number of guanidine groups is 1. The van der Waals surface area contributed by atoms with Gasteiger partial charge in [-0.25, -0.2) is 0 Å². The Morgan fingerprint density at radius 2 is 2.11 bits per heavy atom. The number of benzene rings is 1. The molecular formula is C21H35N5O2. The van der Waals surface area contributed by atoms with Crippen molar-refractivity contribution < 1.29 is 9.53 Å². The number of carbonyl (C=O) groups is 1. The summed E-state index contributed by atoms with van der Waals surface area (Å²) in [7, 11) is 0. The minimum absolute atomic E-state index is 0.0127. The molecular weight excluding hydrogens is 354 g/mol. The molecule has 1 aliphatic rings. The molecule has 2 rings (SSSR count). The molecule has 1 unspecified atom stereocenters. The topological polar surface area (TPSA) is 92.0 Å². The molecule has 0 radical (unpaired) electrons. The van der Waals surface area contributed by atoms with E-state index in [0.29, 0.717) is 13.2 Å². The van der Waals surface area contributed by atoms with E-state index in [1.165, 1.54) is 0 Å². The maximum Gasteiger partial charge on any atom is 0.221 e. The van der Waals surface area contributed by atoms with E-state index < -0.39 is 0 Å². The summed E-state index contributed by atoms with van der Waals surface area (Å²) >= 11 is 0. The van der Waals surface area contributed by atoms with Crippen LogP contribution in [0.4, 0.5) is 0 Å². The molecule has 4 N–H and O–H groups in total. The number of hydrogen-bond donors (Lipinski definition) is 3. The minimum atomic E-state index is -0.166. The molecule has 1 atom stereocenters. The quantitative estimate of drug-likeness (QED) is 0.304. The highest BCUT2D eigenvalue weighted by Crippen LogP contribution is 2.15. The number of ether oxygens (including phenoxy) is 1. The van der Waals surface area contributed by atoms with Gasteiger partial charge in [-0.1, -0.05) is 18.2 Å². The third-order valence-electron chi connectivity index (χ3n) is 4.78. The number of amides is 1. The van der Waals surface area contributed by atoms with Gasteiger partial charge in [0.2, 0.25) is 5.91 Å². The Balaban J connectivity index is 1.60. The number of rotatable bonds is 11. The maximum atomic E-state index is 11.4. The average molecular weight is 390 g/mol. The number of nitrogens with zero attached hydrogens (tertiary/aromatic N) is 2. The predicted molar refractivity (Wildman–Crippen MR) is 114 cm³/mol. The third-order valence-corrected chi connectivity index (χ3v) is 4.78. The van der Waals surface area contributed by atoms with Gasteiger partial charge in [0.05, 0.1) is 12.5 Å². The normalized spacial score (nSPS) is 17.9. The number of nitrogens with two attached hydrogens (primary N) is 1. The SMILES string of the molecule is CCNC(=NCCCOc1ccccc1)NCCCN1CCCC(C(N)=O)C1. The number of aliphatic imine (C=N–C) groups is 1. The minimum Gasteiger partial charge on any atom is -0.494 e. The van der Waals surface area contributed by atoms with Crippen molar-refractivity contribution in [2.75, 3.05) is 45.9 Å². The zero-order valence-electron chi connectivity index (χ0n) is 17.0. The van der Waals surface area contributed by atoms with Crippen molar-refractivity contribution in [1.82, 2.24) is 15.5 Å². The molecule has 0 aliphatic carbocycles. The lowest BCUT2D eigenvalue weighted by atomic mass is 9.97. The van der Waals surface area contributed by atoms with E-state index in [4.69, 9.17) is 10.5 Å². The van der Waals surface area contributed by atoms with Gasteiger partial charge in [-0.05, 0) is 51.4 Å². The fraction of sp³-hybridized carbons (Fsp3) is 0.619. The van der Waals surface area contributed by atoms with Gasteiger partial charge >= 0.3 is 0 Å². The first-order valence-corrected chi connectivity index (χ1v) is 10.4. The highest BCUT2D eigenvalue weighted by atomic mass is 16.5. The smallest absolute Gasteiger partial charge is 0.221 e. The molecule has 156 valence electrons. The van der Waals surface area contributed by atoms with Crippen LogP contribution in [-0.2, 0) is 4.79 Å². The molecule has 1 fully saturated rings. The summed E-state index contributed by atoms with van der Waals surface area (Å²) in [5.74, 6) is 1.59. The number of piperidine rings is 1. The lowest BCUT2D eigenvalue weighted by Gasteiger charge is -2.31. The molecule has 0 bridgehead atoms. The molecule has 0 spiro atoms. The summed E-state index contributed by atoms with van der Waals surface area (Å²) in [6, 6.07) is 9.84. The largest absolute Gasteiger partial charge is 0.494 e. The van der Waals surface area contributed by atoms with E-state index in [1.54, 1.807) is 0 Å². The Bertz CT molecular complexity index is 594. The van der Waals surface area contributed by atoms with E-state index in [0.717, 1.165) is 70.1 Å². The Morgan fingerprint density at radius 3 is 2.86 bits per heavy atom. The van der Waals surface area contributed by atoms with E-state index in [9.17, 15) is 4.79 Å². The Kier molecular flexibility index (Phi) is 10.2. The highest BCUT2D eigenvalue weighted by Gasteiger charge is 2.23. The zero-order valence-corrected chi connectivity index (χ0v) is 17.0. The first-order chi connectivity index (χ1) is 13.7. The van der Waals surface area contributed by atoms with Gasteiger partial charge in [0, 0.05) is 32.6 Å². The number of hydrogen-bond acceptors (Lipinski definition) is 4. The summed E-state index contributed by atoms with van der Waals surface area (Å²) in [5.41, 5.74) is 5.45. The lowest BCUT2D eigenvalue weighted by Crippen LogP contribution is -2.43. The molecule has 1 heterocycles. The van der Waals surface area contributed by atoms with Crippen molar-refractivity contribution in [3.05, 3.63) is 30.3 Å². The highest BCUT2D eigenvalue weighted by molar-refractivity contribution is 5.79. The van der Waals surface area contributed by atoms with Crippen LogP contribution in [0, 0.1) is 5.92 Å². The van der Waals surface area contributed by atoms with Crippen molar-refractivity contribution in [3.63, 3.8) is 0 Å². The summed E-state index contributed by atoms with van der Waals surface area (Å²) in [6.45, 7) is 7.94. The monoisotopic (exact) mass is 389 g/mol. The Labute approximate surface area is 168 Å². The number of para-hydroxylation sites is 1. The molecule has 1 aromatic rings. The summed E-state index contributed by atoms with van der Waals surface area (Å²) in [5, 5.41) is 6.66. The van der Waals surface area contributed by atoms with Gasteiger partial charge in [-0.2, -0.15) is 0 Å². The molecule has 7 nitrogen and oxygen atoms in total. The average Bonchev–Trinajstić information content (AvgIpc) is 2.71. The second-order valence-corrected chi connectivity index (χ2v) is 7.10. The third kappa shape index (κ3) is 8.61. The van der Waals surface area contributed by atoms with Crippen LogP contribution in [-0.4, -0.2) is 62.6 Å². The predicted octanol–water partition coefficient (Wildman–Crippen LogP) is 1.60. The number of carbonyl (C=O) groups excluding carboxylic acids is 1. The van der Waals surface area contributed by atoms with Crippen LogP contribution in [0.5, 0.6) is 5.75 Å². The fourth-order valence-corrected chi connectivity index (χ4v) is 3.30. The van der Waals surface area contributed by atoms with Crippen LogP contribution in [0.3, 0.4) is 0 Å². The maximum absolute atomic E-state index is 11.4. The first kappa shape index (κ1) is 22.0. The van der Waals surface area contributed by atoms with Gasteiger partial charge in [0.1, 0.15) is 5.75 Å². The molecule has 0 saturated carbocycles. The first-order valence-electron chi connectivity index (χ1n) is 10.4. The van der Waals surface area contributed by atoms with Crippen LogP contribution in [0.15, 0.2) is 35.3 Å². The summed E-state index contributed by atoms with van der Waals surface area (Å²) < 4.78 is 5.69. The fourth-order valence-electron chi connectivity index (χ4n) is 3.30. The van der Waals surface area contributed by atoms with Gasteiger partial charge in [-0.3, -0.25) is 9.79 Å². The molecule has 0 aromatic heterocycles. The van der Waals surface area contributed by atoms with Crippen LogP contribution < -0.4 is 21.1 Å². The van der Waals surface area contributed by atoms with Crippen LogP contribution in [0.2, 0.25) is 0 Å². The van der Waals surface area contributed by atoms with Crippen molar-refractivity contribution in [2.24, 2.45) is 16.6 Å². The summed E-state index contributed by atoms with van der Waals surface area (Å²) in [4.78, 5) is 18.3. The van der Waals surface area contributed by atoms with Crippen molar-refractivity contribution in [1.29, 1.82) is 0 Å². The molecule has 1 amide bonds. The van der Waals surface area contributed by atoms with Crippen LogP contribution in [0.25, 0.3) is 0 Å². The Hall–Kier alpha value is -2.28. The molecule has 1 aromatic carbocycles. The van der Waals surface area contributed by atoms with E-state index in [-0.39, 0.29) is 11.8 Å².